The third-order valence-electron chi connectivity index (χ3n) is 4.87. The summed E-state index contributed by atoms with van der Waals surface area (Å²) in [7, 11) is 2.02. The van der Waals surface area contributed by atoms with Crippen LogP contribution in [0.15, 0.2) is 0 Å². The summed E-state index contributed by atoms with van der Waals surface area (Å²) < 4.78 is 4.42. The van der Waals surface area contributed by atoms with E-state index in [1.165, 1.54) is 0 Å². The van der Waals surface area contributed by atoms with Crippen molar-refractivity contribution in [3.05, 3.63) is 11.5 Å². The summed E-state index contributed by atoms with van der Waals surface area (Å²) in [6.07, 6.45) is 4.99. The number of aryl methyl sites for hydroxylation is 3. The molecule has 0 N–H and O–H groups in total. The molecule has 0 spiro atoms. The van der Waals surface area contributed by atoms with Crippen molar-refractivity contribution in [3.8, 4) is 0 Å². The van der Waals surface area contributed by atoms with E-state index in [0.717, 1.165) is 54.8 Å². The number of alkyl halides is 1. The summed E-state index contributed by atoms with van der Waals surface area (Å²) in [6, 6.07) is 0. The zero-order valence-corrected chi connectivity index (χ0v) is 14.7. The zero-order chi connectivity index (χ0) is 15.6. The first kappa shape index (κ1) is 16.3. The van der Waals surface area contributed by atoms with E-state index in [1.54, 1.807) is 0 Å². The topological polar surface area (TPSA) is 35.6 Å². The molecule has 0 aromatic carbocycles. The molecule has 0 atom stereocenters. The summed E-state index contributed by atoms with van der Waals surface area (Å²) in [4.78, 5) is 4.90. The SMILES string of the molecule is CCc1nn(C)c2c1nc(CCCl)n2C(CC)(CC)CC. The molecule has 118 valence electrons. The van der Waals surface area contributed by atoms with Crippen LogP contribution in [0.4, 0.5) is 0 Å². The molecule has 0 aliphatic carbocycles. The van der Waals surface area contributed by atoms with Crippen molar-refractivity contribution < 1.29 is 0 Å². The van der Waals surface area contributed by atoms with Gasteiger partial charge in [0.15, 0.2) is 5.65 Å². The normalized spacial score (nSPS) is 12.5. The van der Waals surface area contributed by atoms with Crippen LogP contribution in [0.25, 0.3) is 11.2 Å². The molecule has 0 bridgehead atoms. The first-order valence-corrected chi connectivity index (χ1v) is 8.61. The van der Waals surface area contributed by atoms with Crippen LogP contribution >= 0.6 is 11.6 Å². The Morgan fingerprint density at radius 1 is 1.10 bits per heavy atom. The van der Waals surface area contributed by atoms with E-state index < -0.39 is 0 Å². The van der Waals surface area contributed by atoms with Crippen molar-refractivity contribution in [2.75, 3.05) is 5.88 Å². The van der Waals surface area contributed by atoms with Gasteiger partial charge < -0.3 is 4.57 Å². The quantitative estimate of drug-likeness (QED) is 0.724. The van der Waals surface area contributed by atoms with Crippen molar-refractivity contribution in [1.82, 2.24) is 19.3 Å². The molecule has 0 saturated heterocycles. The Bertz CT molecular complexity index is 599. The lowest BCUT2D eigenvalue weighted by atomic mass is 9.89. The van der Waals surface area contributed by atoms with Crippen LogP contribution in [-0.2, 0) is 25.4 Å². The Kier molecular flexibility index (Phi) is 4.97. The number of halogens is 1. The monoisotopic (exact) mass is 310 g/mol. The zero-order valence-electron chi connectivity index (χ0n) is 13.9. The molecule has 0 aliphatic heterocycles. The van der Waals surface area contributed by atoms with Gasteiger partial charge in [-0.25, -0.2) is 4.98 Å². The standard InChI is InChI=1S/C16H27ClN4/c1-6-12-14-15(20(5)19-12)21(13(18-14)10-11-17)16(7-2,8-3)9-4/h6-11H2,1-5H3. The summed E-state index contributed by atoms with van der Waals surface area (Å²) in [6.45, 7) is 8.93. The summed E-state index contributed by atoms with van der Waals surface area (Å²) in [5.41, 5.74) is 3.39. The number of rotatable bonds is 7. The number of hydrogen-bond acceptors (Lipinski definition) is 2. The van der Waals surface area contributed by atoms with Gasteiger partial charge in [-0.1, -0.05) is 27.7 Å². The minimum atomic E-state index is 0.106. The van der Waals surface area contributed by atoms with Crippen LogP contribution in [0.3, 0.4) is 0 Å². The lowest BCUT2D eigenvalue weighted by molar-refractivity contribution is 0.248. The van der Waals surface area contributed by atoms with Crippen LogP contribution in [0.2, 0.25) is 0 Å². The highest BCUT2D eigenvalue weighted by Gasteiger charge is 2.32. The van der Waals surface area contributed by atoms with E-state index in [2.05, 4.69) is 37.4 Å². The van der Waals surface area contributed by atoms with Crippen molar-refractivity contribution in [3.63, 3.8) is 0 Å². The molecule has 21 heavy (non-hydrogen) atoms. The first-order valence-electron chi connectivity index (χ1n) is 8.08. The van der Waals surface area contributed by atoms with Crippen LogP contribution in [-0.4, -0.2) is 25.2 Å². The van der Waals surface area contributed by atoms with E-state index in [9.17, 15) is 0 Å². The lowest BCUT2D eigenvalue weighted by Gasteiger charge is -2.34. The Morgan fingerprint density at radius 2 is 1.71 bits per heavy atom. The highest BCUT2D eigenvalue weighted by molar-refractivity contribution is 6.17. The van der Waals surface area contributed by atoms with E-state index in [0.29, 0.717) is 5.88 Å². The Hall–Kier alpha value is -1.03. The first-order chi connectivity index (χ1) is 10.1. The molecule has 0 fully saturated rings. The average molecular weight is 311 g/mol. The number of imidazole rings is 1. The van der Waals surface area contributed by atoms with Crippen LogP contribution < -0.4 is 0 Å². The molecule has 5 heteroatoms. The van der Waals surface area contributed by atoms with Gasteiger partial charge in [-0.05, 0) is 25.7 Å². The largest absolute Gasteiger partial charge is 0.307 e. The van der Waals surface area contributed by atoms with Gasteiger partial charge >= 0.3 is 0 Å². The molecule has 0 aliphatic rings. The third-order valence-corrected chi connectivity index (χ3v) is 5.06. The van der Waals surface area contributed by atoms with Gasteiger partial charge in [0.05, 0.1) is 5.69 Å². The smallest absolute Gasteiger partial charge is 0.159 e. The molecule has 2 heterocycles. The van der Waals surface area contributed by atoms with E-state index >= 15 is 0 Å². The molecule has 0 unspecified atom stereocenters. The second-order valence-electron chi connectivity index (χ2n) is 5.68. The Balaban J connectivity index is 2.80. The molecular formula is C16H27ClN4. The van der Waals surface area contributed by atoms with Gasteiger partial charge in [0, 0.05) is 24.9 Å². The fraction of sp³-hybridized carbons (Fsp3) is 0.750. The molecule has 0 amide bonds. The second kappa shape index (κ2) is 6.39. The third kappa shape index (κ3) is 2.48. The van der Waals surface area contributed by atoms with Gasteiger partial charge in [0.25, 0.3) is 0 Å². The second-order valence-corrected chi connectivity index (χ2v) is 6.06. The number of nitrogens with zero attached hydrogens (tertiary/aromatic N) is 4. The maximum atomic E-state index is 6.02. The van der Waals surface area contributed by atoms with Crippen LogP contribution in [0, 0.1) is 0 Å². The molecule has 2 aromatic rings. The van der Waals surface area contributed by atoms with Gasteiger partial charge in [-0.3, -0.25) is 4.68 Å². The van der Waals surface area contributed by atoms with E-state index in [-0.39, 0.29) is 5.54 Å². The molecule has 0 saturated carbocycles. The summed E-state index contributed by atoms with van der Waals surface area (Å²) in [5.74, 6) is 1.71. The number of aromatic nitrogens is 4. The minimum Gasteiger partial charge on any atom is -0.307 e. The van der Waals surface area contributed by atoms with Crippen LogP contribution in [0.5, 0.6) is 0 Å². The predicted molar refractivity (Wildman–Crippen MR) is 89.1 cm³/mol. The molecule has 2 aromatic heterocycles. The molecule has 2 rings (SSSR count). The minimum absolute atomic E-state index is 0.106. The van der Waals surface area contributed by atoms with Crippen LogP contribution in [0.1, 0.15) is 58.5 Å². The predicted octanol–water partition coefficient (Wildman–Crippen LogP) is 4.04. The van der Waals surface area contributed by atoms with Gasteiger partial charge in [0.1, 0.15) is 11.3 Å². The average Bonchev–Trinajstić information content (AvgIpc) is 3.01. The fourth-order valence-corrected chi connectivity index (χ4v) is 3.61. The highest BCUT2D eigenvalue weighted by atomic mass is 35.5. The number of hydrogen-bond donors (Lipinski definition) is 0. The van der Waals surface area contributed by atoms with Crippen molar-refractivity contribution >= 4 is 22.8 Å². The Morgan fingerprint density at radius 3 is 2.19 bits per heavy atom. The lowest BCUT2D eigenvalue weighted by Crippen LogP contribution is -2.34. The summed E-state index contributed by atoms with van der Waals surface area (Å²) >= 11 is 6.02. The fourth-order valence-electron chi connectivity index (χ4n) is 3.44. The van der Waals surface area contributed by atoms with Crippen molar-refractivity contribution in [2.45, 2.75) is 65.3 Å². The maximum Gasteiger partial charge on any atom is 0.159 e. The van der Waals surface area contributed by atoms with Crippen molar-refractivity contribution in [1.29, 1.82) is 0 Å². The van der Waals surface area contributed by atoms with Gasteiger partial charge in [0.2, 0.25) is 0 Å². The number of fused-ring (bicyclic) bond motifs is 1. The highest BCUT2D eigenvalue weighted by Crippen LogP contribution is 2.35. The van der Waals surface area contributed by atoms with Gasteiger partial charge in [-0.15, -0.1) is 11.6 Å². The molecular weight excluding hydrogens is 284 g/mol. The maximum absolute atomic E-state index is 6.02. The molecule has 4 nitrogen and oxygen atoms in total. The van der Waals surface area contributed by atoms with E-state index in [1.807, 2.05) is 11.7 Å². The van der Waals surface area contributed by atoms with E-state index in [4.69, 9.17) is 16.6 Å². The Labute approximate surface area is 132 Å². The molecule has 0 radical (unpaired) electrons. The summed E-state index contributed by atoms with van der Waals surface area (Å²) in [5, 5.41) is 4.65. The van der Waals surface area contributed by atoms with Gasteiger partial charge in [-0.2, -0.15) is 5.10 Å². The van der Waals surface area contributed by atoms with Crippen molar-refractivity contribution in [2.24, 2.45) is 7.05 Å².